The fourth-order valence-corrected chi connectivity index (χ4v) is 2.24. The van der Waals surface area contributed by atoms with Crippen molar-refractivity contribution in [3.8, 4) is 0 Å². The lowest BCUT2D eigenvalue weighted by molar-refractivity contribution is 0.104. The molecule has 0 N–H and O–H groups in total. The molecule has 3 nitrogen and oxygen atoms in total. The summed E-state index contributed by atoms with van der Waals surface area (Å²) in [6.45, 7) is 0.736. The minimum atomic E-state index is -0.0186. The van der Waals surface area contributed by atoms with Gasteiger partial charge in [0.25, 0.3) is 0 Å². The van der Waals surface area contributed by atoms with Crippen LogP contribution in [-0.2, 0) is 6.54 Å². The number of carbonyl (C=O) groups is 1. The van der Waals surface area contributed by atoms with Crippen LogP contribution in [0.3, 0.4) is 0 Å². The van der Waals surface area contributed by atoms with Crippen molar-refractivity contribution in [1.29, 1.82) is 0 Å². The Hall–Kier alpha value is -2.94. The molecule has 0 spiro atoms. The molecule has 3 rings (SSSR count). The third-order valence-electron chi connectivity index (χ3n) is 3.39. The van der Waals surface area contributed by atoms with Gasteiger partial charge in [-0.25, -0.2) is 4.98 Å². The fourth-order valence-electron chi connectivity index (χ4n) is 2.24. The molecule has 0 atom stereocenters. The molecule has 0 unspecified atom stereocenters. The monoisotopic (exact) mass is 288 g/mol. The number of allylic oxidation sites excluding steroid dienone is 1. The first kappa shape index (κ1) is 14.0. The van der Waals surface area contributed by atoms with E-state index in [-0.39, 0.29) is 5.78 Å². The second-order valence-electron chi connectivity index (χ2n) is 4.96. The SMILES string of the molecule is O=C(/C=C/c1nccn1Cc1ccccc1)c1ccccc1. The van der Waals surface area contributed by atoms with Gasteiger partial charge in [0, 0.05) is 24.5 Å². The number of benzene rings is 2. The van der Waals surface area contributed by atoms with Crippen LogP contribution in [0.5, 0.6) is 0 Å². The molecule has 22 heavy (non-hydrogen) atoms. The molecule has 0 aliphatic heterocycles. The number of nitrogens with zero attached hydrogens (tertiary/aromatic N) is 2. The Bertz CT molecular complexity index is 773. The largest absolute Gasteiger partial charge is 0.327 e. The van der Waals surface area contributed by atoms with Gasteiger partial charge in [0.15, 0.2) is 5.78 Å². The van der Waals surface area contributed by atoms with Gasteiger partial charge in [0.05, 0.1) is 0 Å². The van der Waals surface area contributed by atoms with Gasteiger partial charge in [-0.3, -0.25) is 4.79 Å². The Morgan fingerprint density at radius 3 is 2.41 bits per heavy atom. The number of imidazole rings is 1. The highest BCUT2D eigenvalue weighted by atomic mass is 16.1. The second kappa shape index (κ2) is 6.68. The van der Waals surface area contributed by atoms with Crippen LogP contribution in [-0.4, -0.2) is 15.3 Å². The Morgan fingerprint density at radius 2 is 1.68 bits per heavy atom. The van der Waals surface area contributed by atoms with Gasteiger partial charge >= 0.3 is 0 Å². The van der Waals surface area contributed by atoms with Crippen molar-refractivity contribution in [1.82, 2.24) is 9.55 Å². The first-order valence-corrected chi connectivity index (χ1v) is 7.15. The fraction of sp³-hybridized carbons (Fsp3) is 0.0526. The van der Waals surface area contributed by atoms with Crippen LogP contribution >= 0.6 is 0 Å². The molecule has 0 aliphatic carbocycles. The lowest BCUT2D eigenvalue weighted by atomic mass is 10.1. The molecule has 0 fully saturated rings. The first-order valence-electron chi connectivity index (χ1n) is 7.15. The van der Waals surface area contributed by atoms with E-state index in [0.29, 0.717) is 5.56 Å². The van der Waals surface area contributed by atoms with Gasteiger partial charge in [0.1, 0.15) is 5.82 Å². The molecule has 1 heterocycles. The van der Waals surface area contributed by atoms with Crippen LogP contribution < -0.4 is 0 Å². The summed E-state index contributed by atoms with van der Waals surface area (Å²) < 4.78 is 2.02. The van der Waals surface area contributed by atoms with E-state index in [0.717, 1.165) is 12.4 Å². The van der Waals surface area contributed by atoms with Crippen LogP contribution in [0.4, 0.5) is 0 Å². The summed E-state index contributed by atoms with van der Waals surface area (Å²) in [6.07, 6.45) is 6.99. The van der Waals surface area contributed by atoms with Crippen molar-refractivity contribution >= 4 is 11.9 Å². The summed E-state index contributed by atoms with van der Waals surface area (Å²) in [5.41, 5.74) is 1.88. The zero-order valence-corrected chi connectivity index (χ0v) is 12.1. The molecule has 3 aromatic rings. The standard InChI is InChI=1S/C19H16N2O/c22-18(17-9-5-2-6-10-17)11-12-19-20-13-14-21(19)15-16-7-3-1-4-8-16/h1-14H,15H2/b12-11+. The normalized spacial score (nSPS) is 10.9. The van der Waals surface area contributed by atoms with Crippen molar-refractivity contribution in [2.75, 3.05) is 0 Å². The van der Waals surface area contributed by atoms with Crippen LogP contribution in [0.2, 0.25) is 0 Å². The van der Waals surface area contributed by atoms with E-state index >= 15 is 0 Å². The lowest BCUT2D eigenvalue weighted by Gasteiger charge is -2.05. The molecule has 0 radical (unpaired) electrons. The van der Waals surface area contributed by atoms with Crippen LogP contribution in [0.25, 0.3) is 6.08 Å². The first-order chi connectivity index (χ1) is 10.8. The van der Waals surface area contributed by atoms with Gasteiger partial charge in [0.2, 0.25) is 0 Å². The van der Waals surface area contributed by atoms with Gasteiger partial charge in [-0.15, -0.1) is 0 Å². The molecule has 0 saturated carbocycles. The highest BCUT2D eigenvalue weighted by Crippen LogP contribution is 2.08. The maximum Gasteiger partial charge on any atom is 0.185 e. The number of aromatic nitrogens is 2. The van der Waals surface area contributed by atoms with E-state index in [4.69, 9.17) is 0 Å². The molecular formula is C19H16N2O. The van der Waals surface area contributed by atoms with Crippen molar-refractivity contribution in [3.63, 3.8) is 0 Å². The maximum atomic E-state index is 12.1. The Morgan fingerprint density at radius 1 is 1.00 bits per heavy atom. The molecule has 2 aromatic carbocycles. The maximum absolute atomic E-state index is 12.1. The molecular weight excluding hydrogens is 272 g/mol. The number of rotatable bonds is 5. The van der Waals surface area contributed by atoms with Crippen LogP contribution in [0.15, 0.2) is 79.1 Å². The van der Waals surface area contributed by atoms with Gasteiger partial charge in [-0.2, -0.15) is 0 Å². The number of ketones is 1. The zero-order chi connectivity index (χ0) is 15.2. The van der Waals surface area contributed by atoms with Crippen molar-refractivity contribution < 1.29 is 4.79 Å². The number of carbonyl (C=O) groups excluding carboxylic acids is 1. The highest BCUT2D eigenvalue weighted by Gasteiger charge is 2.03. The molecule has 0 aliphatic rings. The predicted molar refractivity (Wildman–Crippen MR) is 87.6 cm³/mol. The third kappa shape index (κ3) is 3.38. The average molecular weight is 288 g/mol. The molecule has 108 valence electrons. The van der Waals surface area contributed by atoms with Crippen molar-refractivity contribution in [2.24, 2.45) is 0 Å². The summed E-state index contributed by atoms with van der Waals surface area (Å²) >= 11 is 0. The van der Waals surface area contributed by atoms with E-state index in [1.807, 2.05) is 59.3 Å². The molecule has 0 saturated heterocycles. The molecule has 1 aromatic heterocycles. The summed E-state index contributed by atoms with van der Waals surface area (Å²) in [7, 11) is 0. The predicted octanol–water partition coefficient (Wildman–Crippen LogP) is 3.83. The minimum absolute atomic E-state index is 0.0186. The minimum Gasteiger partial charge on any atom is -0.327 e. The third-order valence-corrected chi connectivity index (χ3v) is 3.39. The van der Waals surface area contributed by atoms with Crippen molar-refractivity contribution in [3.05, 3.63) is 96.1 Å². The lowest BCUT2D eigenvalue weighted by Crippen LogP contribution is -2.01. The topological polar surface area (TPSA) is 34.9 Å². The summed E-state index contributed by atoms with van der Waals surface area (Å²) in [5.74, 6) is 0.753. The average Bonchev–Trinajstić information content (AvgIpc) is 3.01. The second-order valence-corrected chi connectivity index (χ2v) is 4.96. The number of hydrogen-bond acceptors (Lipinski definition) is 2. The van der Waals surface area contributed by atoms with Gasteiger partial charge < -0.3 is 4.57 Å². The van der Waals surface area contributed by atoms with E-state index < -0.39 is 0 Å². The Kier molecular flexibility index (Phi) is 4.25. The van der Waals surface area contributed by atoms with E-state index in [1.54, 1.807) is 18.3 Å². The summed E-state index contributed by atoms with van der Waals surface area (Å²) in [4.78, 5) is 16.4. The van der Waals surface area contributed by atoms with E-state index in [2.05, 4.69) is 17.1 Å². The highest BCUT2D eigenvalue weighted by molar-refractivity contribution is 6.06. The Balaban J connectivity index is 1.75. The van der Waals surface area contributed by atoms with Crippen LogP contribution in [0, 0.1) is 0 Å². The quantitative estimate of drug-likeness (QED) is 0.528. The van der Waals surface area contributed by atoms with Crippen LogP contribution in [0.1, 0.15) is 21.7 Å². The molecule has 0 bridgehead atoms. The summed E-state index contributed by atoms with van der Waals surface area (Å²) in [6, 6.07) is 19.4. The Labute approximate surface area is 129 Å². The molecule has 3 heteroatoms. The summed E-state index contributed by atoms with van der Waals surface area (Å²) in [5, 5.41) is 0. The van der Waals surface area contributed by atoms with E-state index in [9.17, 15) is 4.79 Å². The smallest absolute Gasteiger partial charge is 0.185 e. The van der Waals surface area contributed by atoms with Gasteiger partial charge in [-0.1, -0.05) is 60.7 Å². The molecule has 0 amide bonds. The van der Waals surface area contributed by atoms with Gasteiger partial charge in [-0.05, 0) is 17.7 Å². The van der Waals surface area contributed by atoms with Crippen molar-refractivity contribution in [2.45, 2.75) is 6.54 Å². The van der Waals surface area contributed by atoms with E-state index in [1.165, 1.54) is 5.56 Å². The number of hydrogen-bond donors (Lipinski definition) is 0. The zero-order valence-electron chi connectivity index (χ0n) is 12.1.